The van der Waals surface area contributed by atoms with Crippen molar-refractivity contribution in [2.45, 2.75) is 72.6 Å². The lowest BCUT2D eigenvalue weighted by Crippen LogP contribution is -2.50. The first-order valence-electron chi connectivity index (χ1n) is 6.87. The molecule has 0 spiro atoms. The molecular formula is C14H30O2Si. The highest BCUT2D eigenvalue weighted by Crippen LogP contribution is 2.41. The number of carbonyl (C=O) groups is 1. The molecule has 0 saturated heterocycles. The number of rotatable bonds is 7. The molecule has 2 nitrogen and oxygen atoms in total. The summed E-state index contributed by atoms with van der Waals surface area (Å²) in [5, 5.41) is 0. The van der Waals surface area contributed by atoms with Crippen LogP contribution in [0, 0.1) is 11.3 Å². The normalized spacial score (nSPS) is 17.9. The van der Waals surface area contributed by atoms with Crippen molar-refractivity contribution in [3.05, 3.63) is 0 Å². The average molecular weight is 258 g/mol. The Morgan fingerprint density at radius 1 is 1.24 bits per heavy atom. The minimum absolute atomic E-state index is 0.107. The van der Waals surface area contributed by atoms with Crippen LogP contribution in [0.25, 0.3) is 0 Å². The Hall–Kier alpha value is -0.153. The highest BCUT2D eigenvalue weighted by molar-refractivity contribution is 6.48. The summed E-state index contributed by atoms with van der Waals surface area (Å²) < 4.78 is 6.15. The lowest BCUT2D eigenvalue weighted by Gasteiger charge is -2.44. The van der Waals surface area contributed by atoms with Crippen molar-refractivity contribution in [3.8, 4) is 0 Å². The predicted octanol–water partition coefficient (Wildman–Crippen LogP) is 3.80. The Morgan fingerprint density at radius 2 is 1.76 bits per heavy atom. The van der Waals surface area contributed by atoms with Crippen LogP contribution in [-0.4, -0.2) is 20.9 Å². The smallest absolute Gasteiger partial charge is 0.172 e. The average Bonchev–Trinajstić information content (AvgIpc) is 2.21. The summed E-state index contributed by atoms with van der Waals surface area (Å²) in [6.45, 7) is 15.2. The lowest BCUT2D eigenvalue weighted by molar-refractivity contribution is -0.132. The van der Waals surface area contributed by atoms with Crippen molar-refractivity contribution in [3.63, 3.8) is 0 Å². The van der Waals surface area contributed by atoms with E-state index in [9.17, 15) is 4.79 Å². The second kappa shape index (κ2) is 6.69. The zero-order valence-electron chi connectivity index (χ0n) is 12.7. The first-order chi connectivity index (χ1) is 7.73. The maximum atomic E-state index is 11.7. The van der Waals surface area contributed by atoms with E-state index in [0.29, 0.717) is 5.92 Å². The first kappa shape index (κ1) is 16.8. The van der Waals surface area contributed by atoms with Crippen molar-refractivity contribution in [1.29, 1.82) is 0 Å². The molecule has 102 valence electrons. The predicted molar refractivity (Wildman–Crippen MR) is 76.9 cm³/mol. The Bertz CT molecular complexity index is 233. The molecule has 0 amide bonds. The Labute approximate surface area is 109 Å². The minimum Gasteiger partial charge on any atom is -0.408 e. The zero-order chi connectivity index (χ0) is 13.7. The van der Waals surface area contributed by atoms with E-state index in [1.54, 1.807) is 0 Å². The summed E-state index contributed by atoms with van der Waals surface area (Å²) in [7, 11) is -1.22. The van der Waals surface area contributed by atoms with Crippen LogP contribution in [0.4, 0.5) is 0 Å². The van der Waals surface area contributed by atoms with E-state index in [1.807, 2.05) is 0 Å². The van der Waals surface area contributed by atoms with Gasteiger partial charge in [0, 0.05) is 0 Å². The van der Waals surface area contributed by atoms with Crippen molar-refractivity contribution in [2.24, 2.45) is 11.3 Å². The van der Waals surface area contributed by atoms with E-state index in [-0.39, 0.29) is 5.41 Å². The molecule has 3 heteroatoms. The summed E-state index contributed by atoms with van der Waals surface area (Å²) in [5.74, 6) is 0.303. The summed E-state index contributed by atoms with van der Waals surface area (Å²) >= 11 is 0. The fraction of sp³-hybridized carbons (Fsp3) is 0.929. The van der Waals surface area contributed by atoms with Gasteiger partial charge in [-0.1, -0.05) is 41.0 Å². The molecule has 17 heavy (non-hydrogen) atoms. The Balaban J connectivity index is 5.27. The number of carbonyl (C=O) groups excluding carboxylic acids is 1. The molecule has 0 rings (SSSR count). The monoisotopic (exact) mass is 258 g/mol. The van der Waals surface area contributed by atoms with Crippen LogP contribution < -0.4 is 0 Å². The molecule has 0 radical (unpaired) electrons. The van der Waals surface area contributed by atoms with Crippen LogP contribution in [-0.2, 0) is 9.22 Å². The minimum atomic E-state index is -1.22. The standard InChI is InChI=1S/C14H30O2Si/c1-8-10-12(13(3,4)5)14(9-2,11-15)16-17(6)7/h11-12,17H,8-10H2,1-7H3. The number of hydrogen-bond acceptors (Lipinski definition) is 2. The maximum Gasteiger partial charge on any atom is 0.172 e. The molecule has 0 aliphatic heterocycles. The van der Waals surface area contributed by atoms with Gasteiger partial charge in [-0.2, -0.15) is 0 Å². The van der Waals surface area contributed by atoms with Crippen molar-refractivity contribution < 1.29 is 9.22 Å². The largest absolute Gasteiger partial charge is 0.408 e. The van der Waals surface area contributed by atoms with E-state index in [4.69, 9.17) is 4.43 Å². The van der Waals surface area contributed by atoms with Crippen LogP contribution in [0.3, 0.4) is 0 Å². The summed E-state index contributed by atoms with van der Waals surface area (Å²) in [4.78, 5) is 11.7. The van der Waals surface area contributed by atoms with Gasteiger partial charge >= 0.3 is 0 Å². The van der Waals surface area contributed by atoms with Crippen LogP contribution in [0.15, 0.2) is 0 Å². The van der Waals surface area contributed by atoms with E-state index < -0.39 is 14.6 Å². The molecule has 0 aromatic heterocycles. The summed E-state index contributed by atoms with van der Waals surface area (Å²) in [5.41, 5.74) is -0.454. The van der Waals surface area contributed by atoms with Gasteiger partial charge in [-0.15, -0.1) is 0 Å². The fourth-order valence-corrected chi connectivity index (χ4v) is 4.01. The molecule has 0 heterocycles. The summed E-state index contributed by atoms with van der Waals surface area (Å²) in [6, 6.07) is 0. The zero-order valence-corrected chi connectivity index (χ0v) is 13.8. The van der Waals surface area contributed by atoms with Crippen molar-refractivity contribution >= 4 is 15.3 Å². The molecule has 0 fully saturated rings. The van der Waals surface area contributed by atoms with Crippen LogP contribution >= 0.6 is 0 Å². The van der Waals surface area contributed by atoms with Gasteiger partial charge in [-0.3, -0.25) is 0 Å². The molecule has 0 aromatic rings. The topological polar surface area (TPSA) is 26.3 Å². The van der Waals surface area contributed by atoms with E-state index >= 15 is 0 Å². The molecule has 2 unspecified atom stereocenters. The molecule has 2 atom stereocenters. The molecule has 0 N–H and O–H groups in total. The SMILES string of the molecule is CCCC(C(C)(C)C)C(C=O)(CC)O[SiH](C)C. The van der Waals surface area contributed by atoms with E-state index in [2.05, 4.69) is 47.7 Å². The van der Waals surface area contributed by atoms with Gasteiger partial charge in [0.15, 0.2) is 15.3 Å². The van der Waals surface area contributed by atoms with Crippen molar-refractivity contribution in [2.75, 3.05) is 0 Å². The quantitative estimate of drug-likeness (QED) is 0.513. The lowest BCUT2D eigenvalue weighted by atomic mass is 9.68. The molecule has 0 aromatic carbocycles. The highest BCUT2D eigenvalue weighted by Gasteiger charge is 2.44. The third-order valence-corrected chi connectivity index (χ3v) is 4.33. The van der Waals surface area contributed by atoms with Crippen LogP contribution in [0.2, 0.25) is 13.1 Å². The maximum absolute atomic E-state index is 11.7. The fourth-order valence-electron chi connectivity index (χ4n) is 2.74. The molecule has 0 saturated carbocycles. The van der Waals surface area contributed by atoms with Gasteiger partial charge in [-0.25, -0.2) is 0 Å². The Kier molecular flexibility index (Phi) is 6.63. The van der Waals surface area contributed by atoms with Crippen molar-refractivity contribution in [1.82, 2.24) is 0 Å². The number of aldehydes is 1. The molecule has 0 bridgehead atoms. The highest BCUT2D eigenvalue weighted by atomic mass is 28.3. The van der Waals surface area contributed by atoms with Gasteiger partial charge in [0.25, 0.3) is 0 Å². The Morgan fingerprint density at radius 3 is 2.00 bits per heavy atom. The van der Waals surface area contributed by atoms with Gasteiger partial charge in [0.1, 0.15) is 5.60 Å². The third kappa shape index (κ3) is 4.55. The van der Waals surface area contributed by atoms with Gasteiger partial charge < -0.3 is 9.22 Å². The molecule has 0 aliphatic carbocycles. The second-order valence-corrected chi connectivity index (χ2v) is 8.63. The molecular weight excluding hydrogens is 228 g/mol. The van der Waals surface area contributed by atoms with Gasteiger partial charge in [-0.05, 0) is 37.3 Å². The van der Waals surface area contributed by atoms with Crippen LogP contribution in [0.5, 0.6) is 0 Å². The summed E-state index contributed by atoms with van der Waals surface area (Å²) in [6.07, 6.45) is 4.01. The first-order valence-corrected chi connectivity index (χ1v) is 9.65. The molecule has 0 aliphatic rings. The van der Waals surface area contributed by atoms with E-state index in [1.165, 1.54) is 0 Å². The van der Waals surface area contributed by atoms with E-state index in [0.717, 1.165) is 25.5 Å². The number of hydrogen-bond donors (Lipinski definition) is 0. The van der Waals surface area contributed by atoms with Crippen LogP contribution in [0.1, 0.15) is 53.9 Å². The third-order valence-electron chi connectivity index (χ3n) is 3.42. The second-order valence-electron chi connectivity index (χ2n) is 6.30. The van der Waals surface area contributed by atoms with Gasteiger partial charge in [0.05, 0.1) is 0 Å². The van der Waals surface area contributed by atoms with Gasteiger partial charge in [0.2, 0.25) is 0 Å².